The molecule has 0 N–H and O–H groups in total. The molecular weight excluding hydrogens is 500 g/mol. The Balaban J connectivity index is 2.05. The fraction of sp³-hybridized carbons (Fsp3) is 0.880. The van der Waals surface area contributed by atoms with Crippen molar-refractivity contribution in [2.45, 2.75) is 120 Å². The lowest BCUT2D eigenvalue weighted by atomic mass is 9.72. The van der Waals surface area contributed by atoms with Crippen molar-refractivity contribution in [2.75, 3.05) is 7.11 Å². The number of Topliss-reactive ketones (excluding diaryl/α,β-unsaturated/α-hetero) is 1. The normalized spacial score (nSPS) is 36.2. The zero-order valence-electron chi connectivity index (χ0n) is 22.1. The summed E-state index contributed by atoms with van der Waals surface area (Å²) < 4.78 is 19.4. The molecule has 2 saturated carbocycles. The summed E-state index contributed by atoms with van der Waals surface area (Å²) in [5, 5.41) is 0.273. The summed E-state index contributed by atoms with van der Waals surface area (Å²) in [6, 6.07) is 0. The highest BCUT2D eigenvalue weighted by atomic mass is 79.9. The number of hydrogen-bond donors (Lipinski definition) is 0. The molecule has 0 heterocycles. The van der Waals surface area contributed by atoms with Gasteiger partial charge in [-0.25, -0.2) is 0 Å². The van der Waals surface area contributed by atoms with Crippen LogP contribution in [0.3, 0.4) is 0 Å². The van der Waals surface area contributed by atoms with Crippen molar-refractivity contribution < 1.29 is 18.4 Å². The maximum atomic E-state index is 13.1. The highest BCUT2D eigenvalue weighted by Crippen LogP contribution is 2.59. The quantitative estimate of drug-likeness (QED) is 0.215. The average molecular weight is 546 g/mol. The van der Waals surface area contributed by atoms with Crippen molar-refractivity contribution >= 4 is 38.3 Å². The van der Waals surface area contributed by atoms with E-state index in [0.29, 0.717) is 6.42 Å². The largest absolute Gasteiger partial charge is 0.413 e. The van der Waals surface area contributed by atoms with Gasteiger partial charge in [0, 0.05) is 25.9 Å². The van der Waals surface area contributed by atoms with Crippen LogP contribution in [0.2, 0.25) is 36.3 Å². The molecule has 0 spiro atoms. The summed E-state index contributed by atoms with van der Waals surface area (Å²) in [5.41, 5.74) is 1.32. The maximum Gasteiger partial charge on any atom is 0.192 e. The van der Waals surface area contributed by atoms with Gasteiger partial charge in [-0.3, -0.25) is 4.79 Å². The molecule has 0 unspecified atom stereocenters. The monoisotopic (exact) mass is 544 g/mol. The van der Waals surface area contributed by atoms with E-state index in [0.717, 1.165) is 12.8 Å². The summed E-state index contributed by atoms with van der Waals surface area (Å²) in [5.74, 6) is 0.656. The first-order valence-electron chi connectivity index (χ1n) is 12.2. The third-order valence-corrected chi connectivity index (χ3v) is 19.7. The smallest absolute Gasteiger partial charge is 0.192 e. The number of hydrogen-bond acceptors (Lipinski definition) is 4. The zero-order chi connectivity index (χ0) is 24.5. The number of rotatable bonds is 5. The van der Waals surface area contributed by atoms with E-state index in [1.54, 1.807) is 7.11 Å². The van der Waals surface area contributed by atoms with Gasteiger partial charge in [0.15, 0.2) is 22.4 Å². The Morgan fingerprint density at radius 2 is 1.53 bits per heavy atom. The average Bonchev–Trinajstić information content (AvgIpc) is 3.09. The van der Waals surface area contributed by atoms with E-state index in [4.69, 9.17) is 13.6 Å². The van der Waals surface area contributed by atoms with E-state index in [1.165, 1.54) is 5.57 Å². The van der Waals surface area contributed by atoms with Crippen LogP contribution in [-0.2, 0) is 18.4 Å². The van der Waals surface area contributed by atoms with E-state index in [9.17, 15) is 4.79 Å². The van der Waals surface area contributed by atoms with Gasteiger partial charge in [0.25, 0.3) is 0 Å². The van der Waals surface area contributed by atoms with Crippen molar-refractivity contribution in [3.05, 3.63) is 11.6 Å². The SMILES string of the molecule is CO[C@@H]1C=C2[C@H]([C@@H](O[Si](C)(C)C(C)(C)C)C[C@H]2O[Si](C)(C)C(C)(C)C)[C@@H]2CCC(=O)[C@]12Br. The number of methoxy groups -OCH3 is 1. The van der Waals surface area contributed by atoms with Gasteiger partial charge < -0.3 is 13.6 Å². The molecule has 0 bridgehead atoms. The second-order valence-corrected chi connectivity index (χ2v) is 24.0. The molecule has 6 atom stereocenters. The summed E-state index contributed by atoms with van der Waals surface area (Å²) in [4.78, 5) is 13.1. The minimum absolute atomic E-state index is 0.0427. The van der Waals surface area contributed by atoms with E-state index >= 15 is 0 Å². The molecule has 0 aromatic carbocycles. The fourth-order valence-corrected chi connectivity index (χ4v) is 8.88. The molecular formula is C25H45BrO4Si2. The van der Waals surface area contributed by atoms with Gasteiger partial charge in [-0.15, -0.1) is 0 Å². The van der Waals surface area contributed by atoms with Crippen molar-refractivity contribution in [3.8, 4) is 0 Å². The number of carbonyl (C=O) groups is 1. The Morgan fingerprint density at radius 3 is 2.03 bits per heavy atom. The molecule has 0 aromatic rings. The predicted molar refractivity (Wildman–Crippen MR) is 141 cm³/mol. The van der Waals surface area contributed by atoms with Crippen LogP contribution in [0.5, 0.6) is 0 Å². The van der Waals surface area contributed by atoms with Gasteiger partial charge in [-0.2, -0.15) is 0 Å². The zero-order valence-corrected chi connectivity index (χ0v) is 25.7. The van der Waals surface area contributed by atoms with Gasteiger partial charge >= 0.3 is 0 Å². The highest BCUT2D eigenvalue weighted by molar-refractivity contribution is 9.10. The van der Waals surface area contributed by atoms with Gasteiger partial charge in [0.2, 0.25) is 0 Å². The lowest BCUT2D eigenvalue weighted by Gasteiger charge is -2.46. The first-order valence-corrected chi connectivity index (χ1v) is 18.8. The van der Waals surface area contributed by atoms with Crippen molar-refractivity contribution in [2.24, 2.45) is 11.8 Å². The summed E-state index contributed by atoms with van der Waals surface area (Å²) in [7, 11) is -2.24. The molecule has 0 radical (unpaired) electrons. The summed E-state index contributed by atoms with van der Waals surface area (Å²) >= 11 is 3.92. The van der Waals surface area contributed by atoms with E-state index in [2.05, 4.69) is 89.7 Å². The number of fused-ring (bicyclic) bond motifs is 3. The molecule has 2 fully saturated rings. The Kier molecular flexibility index (Phi) is 7.04. The van der Waals surface area contributed by atoms with Crippen molar-refractivity contribution in [3.63, 3.8) is 0 Å². The number of alkyl halides is 1. The molecule has 3 aliphatic rings. The number of ketones is 1. The topological polar surface area (TPSA) is 44.8 Å². The first-order chi connectivity index (χ1) is 14.4. The van der Waals surface area contributed by atoms with Crippen LogP contribution in [0.25, 0.3) is 0 Å². The van der Waals surface area contributed by atoms with Crippen LogP contribution in [0.4, 0.5) is 0 Å². The molecule has 4 nitrogen and oxygen atoms in total. The molecule has 0 aromatic heterocycles. The van der Waals surface area contributed by atoms with E-state index in [-0.39, 0.29) is 46.0 Å². The molecule has 0 aliphatic heterocycles. The molecule has 3 aliphatic carbocycles. The second kappa shape index (κ2) is 8.40. The Bertz CT molecular complexity index is 780. The molecule has 7 heteroatoms. The van der Waals surface area contributed by atoms with Crippen LogP contribution in [0, 0.1) is 11.8 Å². The van der Waals surface area contributed by atoms with Gasteiger partial charge in [0.1, 0.15) is 4.32 Å². The van der Waals surface area contributed by atoms with Crippen LogP contribution in [0.1, 0.15) is 60.8 Å². The Morgan fingerprint density at radius 1 is 1.00 bits per heavy atom. The number of ether oxygens (including phenoxy) is 1. The first kappa shape index (κ1) is 26.8. The number of carbonyl (C=O) groups excluding carboxylic acids is 1. The molecule has 0 amide bonds. The summed E-state index contributed by atoms with van der Waals surface area (Å²) in [6.45, 7) is 23.1. The third kappa shape index (κ3) is 4.32. The predicted octanol–water partition coefficient (Wildman–Crippen LogP) is 6.85. The lowest BCUT2D eigenvalue weighted by Crippen LogP contribution is -2.54. The molecule has 184 valence electrons. The van der Waals surface area contributed by atoms with Crippen LogP contribution < -0.4 is 0 Å². The van der Waals surface area contributed by atoms with Gasteiger partial charge in [-0.1, -0.05) is 63.5 Å². The van der Waals surface area contributed by atoms with Crippen molar-refractivity contribution in [1.82, 2.24) is 0 Å². The number of halogens is 1. The van der Waals surface area contributed by atoms with Crippen LogP contribution >= 0.6 is 15.9 Å². The molecule has 0 saturated heterocycles. The van der Waals surface area contributed by atoms with Crippen molar-refractivity contribution in [1.29, 1.82) is 0 Å². The van der Waals surface area contributed by atoms with Crippen LogP contribution in [0.15, 0.2) is 11.6 Å². The summed E-state index contributed by atoms with van der Waals surface area (Å²) in [6.07, 6.45) is 4.45. The standard InChI is InChI=1S/C25H45BrO4Si2/c1-23(2,3)31(8,9)29-18-15-19(30-32(10,11)24(4,5)6)22-16(18)14-21(28-7)25(26)17(22)12-13-20(25)27/h14,17-19,21-22H,12-13,15H2,1-11H3/t17-,18+,19-,21+,22-,25-/m0/s1. The Hall–Kier alpha value is 0.204. The highest BCUT2D eigenvalue weighted by Gasteiger charge is 2.63. The van der Waals surface area contributed by atoms with E-state index < -0.39 is 21.0 Å². The maximum absolute atomic E-state index is 13.1. The van der Waals surface area contributed by atoms with Crippen LogP contribution in [-0.4, -0.2) is 52.2 Å². The lowest BCUT2D eigenvalue weighted by molar-refractivity contribution is -0.122. The van der Waals surface area contributed by atoms with Gasteiger partial charge in [0.05, 0.1) is 18.3 Å². The Labute approximate surface area is 206 Å². The minimum atomic E-state index is -1.98. The van der Waals surface area contributed by atoms with E-state index in [1.807, 2.05) is 0 Å². The molecule has 32 heavy (non-hydrogen) atoms. The fourth-order valence-electron chi connectivity index (χ4n) is 5.20. The minimum Gasteiger partial charge on any atom is -0.413 e. The van der Waals surface area contributed by atoms with Gasteiger partial charge in [-0.05, 0) is 54.2 Å². The molecule has 3 rings (SSSR count). The second-order valence-electron chi connectivity index (χ2n) is 13.2. The third-order valence-electron chi connectivity index (χ3n) is 9.19.